The molecule has 1 aromatic rings. The van der Waals surface area contributed by atoms with E-state index in [1.54, 1.807) is 24.3 Å². The molecule has 0 radical (unpaired) electrons. The first-order valence-corrected chi connectivity index (χ1v) is 7.36. The second-order valence-electron chi connectivity index (χ2n) is 5.24. The molecule has 1 rings (SSSR count). The molecule has 4 N–H and O–H groups in total. The summed E-state index contributed by atoms with van der Waals surface area (Å²) in [6, 6.07) is 5.97. The average Bonchev–Trinajstić information content (AvgIpc) is 2.44. The van der Waals surface area contributed by atoms with Gasteiger partial charge in [-0.15, -0.1) is 0 Å². The summed E-state index contributed by atoms with van der Waals surface area (Å²) in [5, 5.41) is 6.02. The predicted molar refractivity (Wildman–Crippen MR) is 84.2 cm³/mol. The van der Waals surface area contributed by atoms with Gasteiger partial charge in [0, 0.05) is 23.7 Å². The van der Waals surface area contributed by atoms with Crippen LogP contribution in [0.1, 0.15) is 30.6 Å². The van der Waals surface area contributed by atoms with E-state index in [0.717, 1.165) is 0 Å². The van der Waals surface area contributed by atoms with Crippen molar-refractivity contribution in [3.63, 3.8) is 0 Å². The van der Waals surface area contributed by atoms with Crippen molar-refractivity contribution in [2.24, 2.45) is 11.7 Å². The van der Waals surface area contributed by atoms with Gasteiger partial charge in [-0.05, 0) is 36.6 Å². The van der Waals surface area contributed by atoms with Crippen LogP contribution >= 0.6 is 11.6 Å². The Labute approximate surface area is 130 Å². The van der Waals surface area contributed by atoms with Crippen LogP contribution in [0.2, 0.25) is 5.02 Å². The molecule has 1 unspecified atom stereocenters. The summed E-state index contributed by atoms with van der Waals surface area (Å²) < 4.78 is 0. The van der Waals surface area contributed by atoms with Crippen LogP contribution in [0, 0.1) is 5.92 Å². The first-order valence-electron chi connectivity index (χ1n) is 6.98. The van der Waals surface area contributed by atoms with Crippen LogP contribution in [-0.4, -0.2) is 30.9 Å². The standard InChI is InChI=1S/C15H22ClN3O2/c1-10(2)9-13(15(21)18-8-7-17)19-14(20)11-3-5-12(16)6-4-11/h3-6,10,13H,7-9,17H2,1-2H3,(H,18,21)(H,19,20). The van der Waals surface area contributed by atoms with E-state index in [1.165, 1.54) is 0 Å². The fourth-order valence-electron chi connectivity index (χ4n) is 1.86. The minimum Gasteiger partial charge on any atom is -0.353 e. The molecule has 6 heteroatoms. The highest BCUT2D eigenvalue weighted by Gasteiger charge is 2.22. The maximum absolute atomic E-state index is 12.2. The monoisotopic (exact) mass is 311 g/mol. The molecule has 5 nitrogen and oxygen atoms in total. The molecule has 0 aromatic heterocycles. The summed E-state index contributed by atoms with van der Waals surface area (Å²) in [4.78, 5) is 24.2. The normalized spacial score (nSPS) is 12.0. The van der Waals surface area contributed by atoms with Gasteiger partial charge < -0.3 is 16.4 Å². The molecular formula is C15H22ClN3O2. The summed E-state index contributed by atoms with van der Waals surface area (Å²) in [7, 11) is 0. The van der Waals surface area contributed by atoms with Crippen molar-refractivity contribution < 1.29 is 9.59 Å². The van der Waals surface area contributed by atoms with Gasteiger partial charge in [-0.2, -0.15) is 0 Å². The number of hydrogen-bond acceptors (Lipinski definition) is 3. The van der Waals surface area contributed by atoms with Crippen LogP contribution in [0.3, 0.4) is 0 Å². The lowest BCUT2D eigenvalue weighted by Gasteiger charge is -2.20. The third-order valence-electron chi connectivity index (χ3n) is 2.88. The Morgan fingerprint density at radius 3 is 2.38 bits per heavy atom. The Morgan fingerprint density at radius 1 is 1.24 bits per heavy atom. The zero-order valence-electron chi connectivity index (χ0n) is 12.4. The van der Waals surface area contributed by atoms with E-state index in [4.69, 9.17) is 17.3 Å². The van der Waals surface area contributed by atoms with Crippen LogP contribution < -0.4 is 16.4 Å². The fraction of sp³-hybridized carbons (Fsp3) is 0.467. The van der Waals surface area contributed by atoms with E-state index in [0.29, 0.717) is 30.1 Å². The number of halogens is 1. The summed E-state index contributed by atoms with van der Waals surface area (Å²) >= 11 is 5.79. The molecule has 0 aliphatic rings. The minimum absolute atomic E-state index is 0.212. The molecule has 116 valence electrons. The zero-order valence-corrected chi connectivity index (χ0v) is 13.1. The smallest absolute Gasteiger partial charge is 0.251 e. The maximum atomic E-state index is 12.2. The lowest BCUT2D eigenvalue weighted by Crippen LogP contribution is -2.48. The van der Waals surface area contributed by atoms with E-state index in [9.17, 15) is 9.59 Å². The van der Waals surface area contributed by atoms with Gasteiger partial charge in [-0.25, -0.2) is 0 Å². The molecule has 0 aliphatic carbocycles. The quantitative estimate of drug-likeness (QED) is 0.714. The number of amides is 2. The molecule has 1 aromatic carbocycles. The number of nitrogens with one attached hydrogen (secondary N) is 2. The fourth-order valence-corrected chi connectivity index (χ4v) is 1.99. The largest absolute Gasteiger partial charge is 0.353 e. The highest BCUT2D eigenvalue weighted by Crippen LogP contribution is 2.11. The second kappa shape index (κ2) is 8.64. The lowest BCUT2D eigenvalue weighted by atomic mass is 10.0. The van der Waals surface area contributed by atoms with Crippen molar-refractivity contribution in [3.8, 4) is 0 Å². The van der Waals surface area contributed by atoms with Gasteiger partial charge in [0.1, 0.15) is 6.04 Å². The number of nitrogens with two attached hydrogens (primary N) is 1. The van der Waals surface area contributed by atoms with E-state index >= 15 is 0 Å². The summed E-state index contributed by atoms with van der Waals surface area (Å²) in [5.74, 6) is -0.221. The molecule has 0 spiro atoms. The molecule has 0 heterocycles. The van der Waals surface area contributed by atoms with Gasteiger partial charge in [0.25, 0.3) is 5.91 Å². The Morgan fingerprint density at radius 2 is 1.86 bits per heavy atom. The molecule has 0 saturated carbocycles. The van der Waals surface area contributed by atoms with Crippen molar-refractivity contribution in [2.45, 2.75) is 26.3 Å². The maximum Gasteiger partial charge on any atom is 0.251 e. The topological polar surface area (TPSA) is 84.2 Å². The van der Waals surface area contributed by atoms with E-state index in [2.05, 4.69) is 10.6 Å². The summed E-state index contributed by atoms with van der Waals surface area (Å²) in [6.45, 7) is 4.75. The number of rotatable bonds is 7. The van der Waals surface area contributed by atoms with Gasteiger partial charge in [0.2, 0.25) is 5.91 Å². The number of benzene rings is 1. The van der Waals surface area contributed by atoms with Crippen LogP contribution in [0.5, 0.6) is 0 Å². The average molecular weight is 312 g/mol. The Balaban J connectivity index is 2.72. The molecule has 2 amide bonds. The third-order valence-corrected chi connectivity index (χ3v) is 3.13. The van der Waals surface area contributed by atoms with Gasteiger partial charge in [0.15, 0.2) is 0 Å². The first kappa shape index (κ1) is 17.5. The van der Waals surface area contributed by atoms with Gasteiger partial charge in [-0.3, -0.25) is 9.59 Å². The molecule has 0 saturated heterocycles. The SMILES string of the molecule is CC(C)CC(NC(=O)c1ccc(Cl)cc1)C(=O)NCCN. The molecule has 1 atom stereocenters. The predicted octanol–water partition coefficient (Wildman–Crippen LogP) is 1.56. The number of carbonyl (C=O) groups is 2. The van der Waals surface area contributed by atoms with Crippen molar-refractivity contribution in [2.75, 3.05) is 13.1 Å². The van der Waals surface area contributed by atoms with Crippen LogP contribution in [0.4, 0.5) is 0 Å². The van der Waals surface area contributed by atoms with Gasteiger partial charge >= 0.3 is 0 Å². The Hall–Kier alpha value is -1.59. The molecule has 21 heavy (non-hydrogen) atoms. The van der Waals surface area contributed by atoms with Crippen LogP contribution in [0.15, 0.2) is 24.3 Å². The molecule has 0 fully saturated rings. The van der Waals surface area contributed by atoms with E-state index in [1.807, 2.05) is 13.8 Å². The summed E-state index contributed by atoms with van der Waals surface area (Å²) in [6.07, 6.45) is 0.565. The van der Waals surface area contributed by atoms with E-state index in [-0.39, 0.29) is 17.7 Å². The Bertz CT molecular complexity index is 474. The van der Waals surface area contributed by atoms with Gasteiger partial charge in [0.05, 0.1) is 0 Å². The van der Waals surface area contributed by atoms with E-state index < -0.39 is 6.04 Å². The number of carbonyl (C=O) groups excluding carboxylic acids is 2. The summed E-state index contributed by atoms with van der Waals surface area (Å²) in [5.41, 5.74) is 5.84. The first-order chi connectivity index (χ1) is 9.93. The highest BCUT2D eigenvalue weighted by molar-refractivity contribution is 6.30. The zero-order chi connectivity index (χ0) is 15.8. The third kappa shape index (κ3) is 6.14. The van der Waals surface area contributed by atoms with Crippen molar-refractivity contribution in [1.29, 1.82) is 0 Å². The molecule has 0 aliphatic heterocycles. The lowest BCUT2D eigenvalue weighted by molar-refractivity contribution is -0.123. The van der Waals surface area contributed by atoms with Crippen molar-refractivity contribution in [3.05, 3.63) is 34.9 Å². The van der Waals surface area contributed by atoms with Crippen LogP contribution in [-0.2, 0) is 4.79 Å². The highest BCUT2D eigenvalue weighted by atomic mass is 35.5. The molecule has 0 bridgehead atoms. The van der Waals surface area contributed by atoms with Crippen molar-refractivity contribution in [1.82, 2.24) is 10.6 Å². The van der Waals surface area contributed by atoms with Crippen molar-refractivity contribution >= 4 is 23.4 Å². The van der Waals surface area contributed by atoms with Gasteiger partial charge in [-0.1, -0.05) is 25.4 Å². The van der Waals surface area contributed by atoms with Crippen LogP contribution in [0.25, 0.3) is 0 Å². The Kier molecular flexibility index (Phi) is 7.19. The molecular weight excluding hydrogens is 290 g/mol. The second-order valence-corrected chi connectivity index (χ2v) is 5.68. The number of hydrogen-bond donors (Lipinski definition) is 3. The minimum atomic E-state index is -0.570.